The van der Waals surface area contributed by atoms with E-state index in [1.807, 2.05) is 0 Å². The van der Waals surface area contributed by atoms with Crippen LogP contribution < -0.4 is 0 Å². The monoisotopic (exact) mass is 476 g/mol. The van der Waals surface area contributed by atoms with Crippen molar-refractivity contribution in [2.24, 2.45) is 28.6 Å². The molecule has 0 amide bonds. The minimum Gasteiger partial charge on any atom is -0.417 e. The predicted molar refractivity (Wildman–Crippen MR) is 138 cm³/mol. The molecule has 0 aromatic rings. The van der Waals surface area contributed by atoms with Crippen molar-refractivity contribution in [3.63, 3.8) is 0 Å². The average molecular weight is 477 g/mol. The van der Waals surface area contributed by atoms with Crippen molar-refractivity contribution >= 4 is 22.4 Å². The molecule has 0 N–H and O–H groups in total. The summed E-state index contributed by atoms with van der Waals surface area (Å²) in [5.41, 5.74) is 3.37. The minimum atomic E-state index is -1.63. The zero-order chi connectivity index (χ0) is 23.7. The van der Waals surface area contributed by atoms with E-state index >= 15 is 0 Å². The van der Waals surface area contributed by atoms with Gasteiger partial charge in [-0.1, -0.05) is 18.1 Å². The molecule has 0 aromatic heterocycles. The van der Waals surface area contributed by atoms with Crippen molar-refractivity contribution in [1.29, 1.82) is 0 Å². The van der Waals surface area contributed by atoms with Crippen molar-refractivity contribution in [3.8, 4) is 0 Å². The van der Waals surface area contributed by atoms with Gasteiger partial charge in [-0.2, -0.15) is 0 Å². The highest BCUT2D eigenvalue weighted by Gasteiger charge is 2.64. The molecule has 4 aliphatic carbocycles. The maximum absolute atomic E-state index is 12.5. The van der Waals surface area contributed by atoms with Crippen LogP contribution in [0.2, 0.25) is 39.3 Å². The van der Waals surface area contributed by atoms with Crippen LogP contribution in [0.5, 0.6) is 0 Å². The first-order chi connectivity index (χ1) is 14.6. The molecule has 6 atom stereocenters. The normalized spacial score (nSPS) is 42.5. The maximum Gasteiger partial charge on any atom is 0.184 e. The second kappa shape index (κ2) is 7.89. The molecule has 4 rings (SSSR count). The van der Waals surface area contributed by atoms with E-state index in [0.29, 0.717) is 24.0 Å². The van der Waals surface area contributed by atoms with E-state index in [9.17, 15) is 4.79 Å². The molecule has 3 saturated carbocycles. The summed E-state index contributed by atoms with van der Waals surface area (Å²) in [6.45, 7) is 22.2. The standard InChI is InChI=1S/C27H48O3Si2/c1-19-16-21-22-12-14-26(3,30-32(7,8)9)25(22,2)13-11-23(21)27(18-29-31(4,5)6)15-10-20(28)17-24(19)27/h21-23H,10-18H2,1-9H3/t21-,22-,23-,25-,26-,27-/m0/s1. The Labute approximate surface area is 199 Å². The molecule has 0 bridgehead atoms. The van der Waals surface area contributed by atoms with Crippen LogP contribution in [0.25, 0.3) is 0 Å². The van der Waals surface area contributed by atoms with Crippen LogP contribution in [0.1, 0.15) is 72.1 Å². The lowest BCUT2D eigenvalue weighted by Gasteiger charge is -2.61. The van der Waals surface area contributed by atoms with Gasteiger partial charge < -0.3 is 8.85 Å². The Morgan fingerprint density at radius 2 is 1.59 bits per heavy atom. The second-order valence-corrected chi connectivity index (χ2v) is 23.0. The molecule has 0 spiro atoms. The number of rotatable bonds is 5. The molecular weight excluding hydrogens is 428 g/mol. The highest BCUT2D eigenvalue weighted by atomic mass is 28.4. The highest BCUT2D eigenvalue weighted by Crippen LogP contribution is 2.68. The Bertz CT molecular complexity index is 807. The Hall–Kier alpha value is -0.236. The summed E-state index contributed by atoms with van der Waals surface area (Å²) in [5.74, 6) is 2.54. The third-order valence-corrected chi connectivity index (χ3v) is 11.9. The Morgan fingerprint density at radius 1 is 0.938 bits per heavy atom. The zero-order valence-corrected chi connectivity index (χ0v) is 24.3. The quantitative estimate of drug-likeness (QED) is 0.307. The van der Waals surface area contributed by atoms with Gasteiger partial charge in [0.15, 0.2) is 16.6 Å². The molecule has 5 heteroatoms. The van der Waals surface area contributed by atoms with E-state index in [4.69, 9.17) is 8.85 Å². The molecule has 0 saturated heterocycles. The van der Waals surface area contributed by atoms with Crippen LogP contribution in [0.3, 0.4) is 0 Å². The van der Waals surface area contributed by atoms with Gasteiger partial charge in [0.25, 0.3) is 0 Å². The molecule has 0 aliphatic heterocycles. The molecule has 4 aliphatic rings. The first-order valence-electron chi connectivity index (χ1n) is 13.2. The summed E-state index contributed by atoms with van der Waals surface area (Å²) >= 11 is 0. The number of hydrogen-bond donors (Lipinski definition) is 0. The fraction of sp³-hybridized carbons (Fsp3) is 0.889. The summed E-state index contributed by atoms with van der Waals surface area (Å²) < 4.78 is 13.6. The lowest BCUT2D eigenvalue weighted by Crippen LogP contribution is -2.58. The van der Waals surface area contributed by atoms with Crippen molar-refractivity contribution < 1.29 is 13.6 Å². The Kier molecular flexibility index (Phi) is 6.13. The van der Waals surface area contributed by atoms with Crippen LogP contribution >= 0.6 is 0 Å². The first-order valence-corrected chi connectivity index (χ1v) is 20.0. The average Bonchev–Trinajstić information content (AvgIpc) is 2.90. The summed E-state index contributed by atoms with van der Waals surface area (Å²) in [6.07, 6.45) is 8.65. The predicted octanol–water partition coefficient (Wildman–Crippen LogP) is 7.35. The summed E-state index contributed by atoms with van der Waals surface area (Å²) in [7, 11) is -3.25. The molecule has 0 unspecified atom stereocenters. The third kappa shape index (κ3) is 4.07. The SMILES string of the molecule is CC1=C2CC(=O)CC[C@]2(CO[Si](C)(C)C)[C@H]2CC[C@@]3(C)[C@@H](CC[C@]3(C)O[Si](C)(C)C)[C@@H]2C1. The van der Waals surface area contributed by atoms with Crippen molar-refractivity contribution in [3.05, 3.63) is 11.1 Å². The Balaban J connectivity index is 1.71. The lowest BCUT2D eigenvalue weighted by molar-refractivity contribution is -0.128. The lowest BCUT2D eigenvalue weighted by atomic mass is 9.46. The Morgan fingerprint density at radius 3 is 2.22 bits per heavy atom. The smallest absolute Gasteiger partial charge is 0.184 e. The number of allylic oxidation sites excluding steroid dienone is 1. The molecule has 182 valence electrons. The van der Waals surface area contributed by atoms with Gasteiger partial charge in [-0.15, -0.1) is 0 Å². The molecular formula is C27H48O3Si2. The first kappa shape index (κ1) is 24.9. The van der Waals surface area contributed by atoms with Crippen LogP contribution in [0, 0.1) is 28.6 Å². The fourth-order valence-corrected chi connectivity index (χ4v) is 10.8. The zero-order valence-electron chi connectivity index (χ0n) is 22.3. The van der Waals surface area contributed by atoms with E-state index in [-0.39, 0.29) is 16.4 Å². The highest BCUT2D eigenvalue weighted by molar-refractivity contribution is 6.70. The van der Waals surface area contributed by atoms with Crippen LogP contribution in [0.4, 0.5) is 0 Å². The number of carbonyl (C=O) groups excluding carboxylic acids is 1. The summed E-state index contributed by atoms with van der Waals surface area (Å²) in [5, 5.41) is 0. The fourth-order valence-electron chi connectivity index (χ4n) is 8.38. The largest absolute Gasteiger partial charge is 0.417 e. The van der Waals surface area contributed by atoms with Gasteiger partial charge in [0.05, 0.1) is 5.60 Å². The molecule has 0 aromatic carbocycles. The van der Waals surface area contributed by atoms with Crippen molar-refractivity contribution in [2.75, 3.05) is 6.61 Å². The molecule has 3 fully saturated rings. The van der Waals surface area contributed by atoms with Crippen molar-refractivity contribution in [1.82, 2.24) is 0 Å². The summed E-state index contributed by atoms with van der Waals surface area (Å²) in [6, 6.07) is 0. The topological polar surface area (TPSA) is 35.5 Å². The number of Topliss-reactive ketones (excluding diaryl/α,β-unsaturated/α-hetero) is 1. The van der Waals surface area contributed by atoms with E-state index < -0.39 is 16.6 Å². The van der Waals surface area contributed by atoms with Crippen LogP contribution in [-0.4, -0.2) is 34.6 Å². The van der Waals surface area contributed by atoms with Gasteiger partial charge in [0.1, 0.15) is 5.78 Å². The maximum atomic E-state index is 12.5. The molecule has 3 nitrogen and oxygen atoms in total. The minimum absolute atomic E-state index is 0.00945. The van der Waals surface area contributed by atoms with Crippen molar-refractivity contribution in [2.45, 2.75) is 117 Å². The van der Waals surface area contributed by atoms with Gasteiger partial charge in [-0.25, -0.2) is 0 Å². The van der Waals surface area contributed by atoms with Gasteiger partial charge in [-0.05, 0) is 115 Å². The number of hydrogen-bond acceptors (Lipinski definition) is 3. The second-order valence-electron chi connectivity index (χ2n) is 14.1. The third-order valence-electron chi connectivity index (χ3n) is 9.85. The number of ketones is 1. The van der Waals surface area contributed by atoms with E-state index in [0.717, 1.165) is 25.4 Å². The van der Waals surface area contributed by atoms with Gasteiger partial charge in [0.2, 0.25) is 0 Å². The van der Waals surface area contributed by atoms with Gasteiger partial charge in [-0.3, -0.25) is 4.79 Å². The van der Waals surface area contributed by atoms with Gasteiger partial charge in [0, 0.05) is 24.9 Å². The summed E-state index contributed by atoms with van der Waals surface area (Å²) in [4.78, 5) is 12.5. The van der Waals surface area contributed by atoms with E-state index in [2.05, 4.69) is 60.1 Å². The number of carbonyl (C=O) groups is 1. The van der Waals surface area contributed by atoms with Crippen LogP contribution in [0.15, 0.2) is 11.1 Å². The molecule has 0 radical (unpaired) electrons. The van der Waals surface area contributed by atoms with E-state index in [1.54, 1.807) is 0 Å². The van der Waals surface area contributed by atoms with Crippen LogP contribution in [-0.2, 0) is 13.6 Å². The van der Waals surface area contributed by atoms with E-state index in [1.165, 1.54) is 43.3 Å². The molecule has 0 heterocycles. The van der Waals surface area contributed by atoms with Gasteiger partial charge >= 0.3 is 0 Å². The molecule has 32 heavy (non-hydrogen) atoms. The number of fused-ring (bicyclic) bond motifs is 5.